The Labute approximate surface area is 140 Å². The second kappa shape index (κ2) is 7.01. The van der Waals surface area contributed by atoms with Gasteiger partial charge in [-0.3, -0.25) is 4.79 Å². The zero-order valence-corrected chi connectivity index (χ0v) is 13.6. The Bertz CT molecular complexity index is 748. The van der Waals surface area contributed by atoms with E-state index in [9.17, 15) is 14.3 Å². The summed E-state index contributed by atoms with van der Waals surface area (Å²) in [6.45, 7) is 2.46. The quantitative estimate of drug-likeness (QED) is 0.809. The van der Waals surface area contributed by atoms with Gasteiger partial charge in [-0.15, -0.1) is 0 Å². The third-order valence-corrected chi connectivity index (χ3v) is 4.40. The van der Waals surface area contributed by atoms with Crippen LogP contribution in [0.3, 0.4) is 0 Å². The minimum atomic E-state index is -0.317. The highest BCUT2D eigenvalue weighted by atomic mass is 19.1. The minimum absolute atomic E-state index is 0.0237. The van der Waals surface area contributed by atoms with Gasteiger partial charge in [-0.25, -0.2) is 4.39 Å². The van der Waals surface area contributed by atoms with Crippen LogP contribution in [0, 0.1) is 12.7 Å². The summed E-state index contributed by atoms with van der Waals surface area (Å²) in [6, 6.07) is 11.5. The lowest BCUT2D eigenvalue weighted by Gasteiger charge is -2.33. The Morgan fingerprint density at radius 2 is 2.12 bits per heavy atom. The molecule has 1 amide bonds. The molecule has 1 fully saturated rings. The van der Waals surface area contributed by atoms with Crippen molar-refractivity contribution < 1.29 is 14.3 Å². The molecule has 126 valence electrons. The maximum atomic E-state index is 13.5. The Hall–Kier alpha value is -2.40. The normalized spacial score (nSPS) is 20.7. The highest BCUT2D eigenvalue weighted by Crippen LogP contribution is 2.26. The number of nitrogens with one attached hydrogen (secondary N) is 2. The Morgan fingerprint density at radius 3 is 2.92 bits per heavy atom. The molecule has 0 aromatic heterocycles. The van der Waals surface area contributed by atoms with Gasteiger partial charge in [-0.1, -0.05) is 29.8 Å². The zero-order valence-electron chi connectivity index (χ0n) is 13.6. The topological polar surface area (TPSA) is 61.4 Å². The van der Waals surface area contributed by atoms with Crippen LogP contribution in [-0.2, 0) is 11.3 Å². The van der Waals surface area contributed by atoms with Crippen LogP contribution < -0.4 is 10.6 Å². The van der Waals surface area contributed by atoms with Crippen LogP contribution in [-0.4, -0.2) is 17.1 Å². The fourth-order valence-electron chi connectivity index (χ4n) is 3.13. The van der Waals surface area contributed by atoms with E-state index in [0.29, 0.717) is 19.4 Å². The van der Waals surface area contributed by atoms with Gasteiger partial charge in [-0.2, -0.15) is 0 Å². The fraction of sp³-hybridized carbons (Fsp3) is 0.316. The monoisotopic (exact) mass is 328 g/mol. The van der Waals surface area contributed by atoms with Gasteiger partial charge in [0, 0.05) is 24.6 Å². The molecule has 2 atom stereocenters. The van der Waals surface area contributed by atoms with Crippen LogP contribution in [0.1, 0.15) is 35.6 Å². The summed E-state index contributed by atoms with van der Waals surface area (Å²) in [6.07, 6.45) is 1.10. The van der Waals surface area contributed by atoms with E-state index in [1.54, 1.807) is 12.1 Å². The number of phenols is 1. The molecule has 0 radical (unpaired) electrons. The lowest BCUT2D eigenvalue weighted by atomic mass is 9.91. The van der Waals surface area contributed by atoms with Crippen molar-refractivity contribution in [2.45, 2.75) is 38.4 Å². The van der Waals surface area contributed by atoms with E-state index in [1.807, 2.05) is 25.1 Å². The van der Waals surface area contributed by atoms with Crippen LogP contribution in [0.4, 0.5) is 4.39 Å². The van der Waals surface area contributed by atoms with Gasteiger partial charge in [-0.05, 0) is 37.1 Å². The molecule has 0 aliphatic carbocycles. The molecule has 3 rings (SSSR count). The Balaban J connectivity index is 1.77. The number of rotatable bonds is 4. The van der Waals surface area contributed by atoms with Gasteiger partial charge >= 0.3 is 0 Å². The molecular weight excluding hydrogens is 307 g/mol. The molecule has 3 N–H and O–H groups in total. The average molecular weight is 328 g/mol. The molecule has 5 heteroatoms. The molecule has 4 nitrogen and oxygen atoms in total. The SMILES string of the molecule is Cc1ccc(O)c(CN[C@@H]2CCC(=O)N[C@H]2c2cccc(F)c2)c1. The molecule has 0 saturated carbocycles. The largest absolute Gasteiger partial charge is 0.508 e. The van der Waals surface area contributed by atoms with Gasteiger partial charge in [0.25, 0.3) is 0 Å². The summed E-state index contributed by atoms with van der Waals surface area (Å²) in [4.78, 5) is 11.8. The van der Waals surface area contributed by atoms with Crippen molar-refractivity contribution in [2.24, 2.45) is 0 Å². The number of hydrogen-bond donors (Lipinski definition) is 3. The number of amides is 1. The minimum Gasteiger partial charge on any atom is -0.508 e. The summed E-state index contributed by atoms with van der Waals surface area (Å²) in [7, 11) is 0. The first-order chi connectivity index (χ1) is 11.5. The molecule has 2 aromatic carbocycles. The molecule has 2 aromatic rings. The number of carbonyl (C=O) groups is 1. The van der Waals surface area contributed by atoms with Crippen molar-refractivity contribution >= 4 is 5.91 Å². The smallest absolute Gasteiger partial charge is 0.220 e. The summed E-state index contributed by atoms with van der Waals surface area (Å²) < 4.78 is 13.5. The zero-order chi connectivity index (χ0) is 17.1. The van der Waals surface area contributed by atoms with E-state index >= 15 is 0 Å². The van der Waals surface area contributed by atoms with Crippen LogP contribution in [0.5, 0.6) is 5.75 Å². The maximum absolute atomic E-state index is 13.5. The second-order valence-corrected chi connectivity index (χ2v) is 6.26. The second-order valence-electron chi connectivity index (χ2n) is 6.26. The molecule has 1 aliphatic heterocycles. The van der Waals surface area contributed by atoms with Crippen molar-refractivity contribution in [3.63, 3.8) is 0 Å². The summed E-state index contributed by atoms with van der Waals surface area (Å²) in [5.41, 5.74) is 2.63. The number of hydrogen-bond acceptors (Lipinski definition) is 3. The van der Waals surface area contributed by atoms with Gasteiger partial charge in [0.05, 0.1) is 6.04 Å². The van der Waals surface area contributed by atoms with Crippen LogP contribution in [0.15, 0.2) is 42.5 Å². The van der Waals surface area contributed by atoms with Gasteiger partial charge in [0.2, 0.25) is 5.91 Å². The number of aryl methyl sites for hydroxylation is 1. The van der Waals surface area contributed by atoms with Crippen molar-refractivity contribution in [1.82, 2.24) is 10.6 Å². The van der Waals surface area contributed by atoms with Crippen molar-refractivity contribution in [1.29, 1.82) is 0 Å². The first-order valence-electron chi connectivity index (χ1n) is 8.09. The average Bonchev–Trinajstić information content (AvgIpc) is 2.56. The van der Waals surface area contributed by atoms with E-state index in [4.69, 9.17) is 0 Å². The Morgan fingerprint density at radius 1 is 1.29 bits per heavy atom. The van der Waals surface area contributed by atoms with E-state index in [-0.39, 0.29) is 29.6 Å². The molecule has 0 spiro atoms. The predicted octanol–water partition coefficient (Wildman–Crippen LogP) is 2.95. The van der Waals surface area contributed by atoms with Gasteiger partial charge in [0.15, 0.2) is 0 Å². The first kappa shape index (κ1) is 16.5. The summed E-state index contributed by atoms with van der Waals surface area (Å²) in [5, 5.41) is 16.3. The van der Waals surface area contributed by atoms with Crippen molar-refractivity contribution in [2.75, 3.05) is 0 Å². The van der Waals surface area contributed by atoms with Gasteiger partial charge < -0.3 is 15.7 Å². The third kappa shape index (κ3) is 3.74. The summed E-state index contributed by atoms with van der Waals surface area (Å²) >= 11 is 0. The van der Waals surface area contributed by atoms with E-state index in [1.165, 1.54) is 12.1 Å². The molecular formula is C19H21FN2O2. The standard InChI is InChI=1S/C19H21FN2O2/c1-12-5-7-17(23)14(9-12)11-21-16-6-8-18(24)22-19(16)13-3-2-4-15(20)10-13/h2-5,7,9-10,16,19,21,23H,6,8,11H2,1H3,(H,22,24)/t16-,19+/m1/s1. The maximum Gasteiger partial charge on any atom is 0.220 e. The molecule has 1 aliphatic rings. The lowest BCUT2D eigenvalue weighted by Crippen LogP contribution is -2.48. The van der Waals surface area contributed by atoms with Crippen LogP contribution in [0.25, 0.3) is 0 Å². The number of carbonyl (C=O) groups excluding carboxylic acids is 1. The van der Waals surface area contributed by atoms with E-state index < -0.39 is 0 Å². The molecule has 0 bridgehead atoms. The summed E-state index contributed by atoms with van der Waals surface area (Å²) in [5.74, 6) is -0.0987. The predicted molar refractivity (Wildman–Crippen MR) is 90.0 cm³/mol. The van der Waals surface area contributed by atoms with Crippen LogP contribution >= 0.6 is 0 Å². The van der Waals surface area contributed by atoms with E-state index in [2.05, 4.69) is 10.6 Å². The Kier molecular flexibility index (Phi) is 4.81. The highest BCUT2D eigenvalue weighted by molar-refractivity contribution is 5.77. The number of piperidine rings is 1. The van der Waals surface area contributed by atoms with Crippen molar-refractivity contribution in [3.05, 3.63) is 65.0 Å². The van der Waals surface area contributed by atoms with Crippen molar-refractivity contribution in [3.8, 4) is 5.75 Å². The van der Waals surface area contributed by atoms with E-state index in [0.717, 1.165) is 16.7 Å². The first-order valence-corrected chi connectivity index (χ1v) is 8.09. The number of phenolic OH excluding ortho intramolecular Hbond substituents is 1. The fourth-order valence-corrected chi connectivity index (χ4v) is 3.13. The number of benzene rings is 2. The van der Waals surface area contributed by atoms with Crippen LogP contribution in [0.2, 0.25) is 0 Å². The molecule has 1 heterocycles. The number of halogens is 1. The highest BCUT2D eigenvalue weighted by Gasteiger charge is 2.29. The molecule has 24 heavy (non-hydrogen) atoms. The molecule has 1 saturated heterocycles. The lowest BCUT2D eigenvalue weighted by molar-refractivity contribution is -0.123. The van der Waals surface area contributed by atoms with Gasteiger partial charge in [0.1, 0.15) is 11.6 Å². The molecule has 0 unspecified atom stereocenters. The third-order valence-electron chi connectivity index (χ3n) is 4.40. The number of aromatic hydroxyl groups is 1.